The number of nitriles is 1. The summed E-state index contributed by atoms with van der Waals surface area (Å²) in [5.74, 6) is 0. The van der Waals surface area contributed by atoms with Gasteiger partial charge in [-0.05, 0) is 24.3 Å². The van der Waals surface area contributed by atoms with E-state index < -0.39 is 10.0 Å². The van der Waals surface area contributed by atoms with Crippen molar-refractivity contribution >= 4 is 27.3 Å². The lowest BCUT2D eigenvalue weighted by Gasteiger charge is -2.07. The summed E-state index contributed by atoms with van der Waals surface area (Å²) in [5.41, 5.74) is 1.60. The Morgan fingerprint density at radius 3 is 2.79 bits per heavy atom. The van der Waals surface area contributed by atoms with Crippen LogP contribution < -0.4 is 4.72 Å². The van der Waals surface area contributed by atoms with Crippen molar-refractivity contribution in [1.82, 2.24) is 14.1 Å². The summed E-state index contributed by atoms with van der Waals surface area (Å²) in [4.78, 5) is 4.38. The van der Waals surface area contributed by atoms with Gasteiger partial charge in [-0.25, -0.2) is 18.1 Å². The second-order valence-electron chi connectivity index (χ2n) is 5.10. The van der Waals surface area contributed by atoms with Crippen molar-refractivity contribution in [2.45, 2.75) is 11.3 Å². The van der Waals surface area contributed by atoms with Crippen molar-refractivity contribution in [3.05, 3.63) is 65.1 Å². The zero-order chi connectivity index (χ0) is 17.2. The summed E-state index contributed by atoms with van der Waals surface area (Å²) in [6.07, 6.45) is 3.96. The number of pyridine rings is 1. The second-order valence-corrected chi connectivity index (χ2v) is 7.27. The van der Waals surface area contributed by atoms with E-state index >= 15 is 0 Å². The molecule has 2 aromatic heterocycles. The third-order valence-corrected chi connectivity index (χ3v) is 5.18. The minimum atomic E-state index is -3.74. The maximum atomic E-state index is 12.3. The summed E-state index contributed by atoms with van der Waals surface area (Å²) < 4.78 is 28.9. The van der Waals surface area contributed by atoms with E-state index in [2.05, 4.69) is 9.71 Å². The maximum absolute atomic E-state index is 12.3. The van der Waals surface area contributed by atoms with E-state index in [0.717, 1.165) is 11.3 Å². The third-order valence-electron chi connectivity index (χ3n) is 3.44. The summed E-state index contributed by atoms with van der Waals surface area (Å²) in [5, 5.41) is 9.62. The number of sulfonamides is 1. The fraction of sp³-hybridized carbons (Fsp3) is 0.125. The minimum absolute atomic E-state index is 0.0192. The Morgan fingerprint density at radius 2 is 2.00 bits per heavy atom. The van der Waals surface area contributed by atoms with Gasteiger partial charge >= 0.3 is 0 Å². The van der Waals surface area contributed by atoms with Gasteiger partial charge in [0.1, 0.15) is 11.7 Å². The molecule has 0 unspecified atom stereocenters. The van der Waals surface area contributed by atoms with Gasteiger partial charge in [0.25, 0.3) is 0 Å². The Balaban J connectivity index is 1.72. The van der Waals surface area contributed by atoms with Gasteiger partial charge in [0.05, 0.1) is 21.2 Å². The van der Waals surface area contributed by atoms with Crippen LogP contribution in [0.5, 0.6) is 0 Å². The largest absolute Gasteiger partial charge is 0.305 e. The Kier molecular flexibility index (Phi) is 4.53. The molecule has 0 saturated heterocycles. The Morgan fingerprint density at radius 1 is 1.21 bits per heavy atom. The Bertz CT molecular complexity index is 1040. The highest BCUT2D eigenvalue weighted by Gasteiger charge is 2.17. The number of fused-ring (bicyclic) bond motifs is 1. The van der Waals surface area contributed by atoms with Crippen LogP contribution in [0.2, 0.25) is 5.02 Å². The van der Waals surface area contributed by atoms with Crippen molar-refractivity contribution in [3.63, 3.8) is 0 Å². The molecule has 0 bridgehead atoms. The average Bonchev–Trinajstić information content (AvgIpc) is 2.96. The monoisotopic (exact) mass is 360 g/mol. The number of hydrogen-bond donors (Lipinski definition) is 1. The van der Waals surface area contributed by atoms with Crippen molar-refractivity contribution in [1.29, 1.82) is 5.26 Å². The number of nitrogens with one attached hydrogen (secondary N) is 1. The molecule has 0 amide bonds. The molecule has 1 aromatic carbocycles. The van der Waals surface area contributed by atoms with E-state index in [1.165, 1.54) is 12.1 Å². The highest BCUT2D eigenvalue weighted by atomic mass is 35.5. The van der Waals surface area contributed by atoms with E-state index in [0.29, 0.717) is 11.4 Å². The first-order valence-corrected chi connectivity index (χ1v) is 8.98. The summed E-state index contributed by atoms with van der Waals surface area (Å²) in [6.45, 7) is 0.180. The van der Waals surface area contributed by atoms with E-state index in [-0.39, 0.29) is 17.0 Å². The van der Waals surface area contributed by atoms with Crippen molar-refractivity contribution in [2.75, 3.05) is 6.54 Å². The Labute approximate surface area is 144 Å². The fourth-order valence-electron chi connectivity index (χ4n) is 2.32. The lowest BCUT2D eigenvalue weighted by atomic mass is 10.2. The van der Waals surface area contributed by atoms with Crippen LogP contribution in [0.15, 0.2) is 53.7 Å². The molecule has 0 aliphatic carbocycles. The average molecular weight is 361 g/mol. The highest BCUT2D eigenvalue weighted by Crippen LogP contribution is 2.15. The van der Waals surface area contributed by atoms with E-state index in [1.807, 2.05) is 6.07 Å². The molecule has 2 heterocycles. The lowest BCUT2D eigenvalue weighted by molar-refractivity contribution is 0.581. The van der Waals surface area contributed by atoms with Gasteiger partial charge in [-0.3, -0.25) is 0 Å². The highest BCUT2D eigenvalue weighted by molar-refractivity contribution is 7.89. The minimum Gasteiger partial charge on any atom is -0.305 e. The van der Waals surface area contributed by atoms with Gasteiger partial charge in [-0.1, -0.05) is 23.7 Å². The smallest absolute Gasteiger partial charge is 0.241 e. The SMILES string of the molecule is N#Cc1ccccc1S(=O)(=O)NCCc1cn2cc(Cl)ccc2n1. The maximum Gasteiger partial charge on any atom is 0.241 e. The zero-order valence-corrected chi connectivity index (χ0v) is 14.0. The van der Waals surface area contributed by atoms with Crippen LogP contribution in [0.3, 0.4) is 0 Å². The molecule has 24 heavy (non-hydrogen) atoms. The molecule has 0 spiro atoms. The number of nitrogens with zero attached hydrogens (tertiary/aromatic N) is 3. The second kappa shape index (κ2) is 6.61. The van der Waals surface area contributed by atoms with Crippen molar-refractivity contribution < 1.29 is 8.42 Å². The summed E-state index contributed by atoms with van der Waals surface area (Å²) in [6, 6.07) is 11.5. The Hall–Kier alpha value is -2.40. The molecule has 0 aliphatic heterocycles. The number of halogens is 1. The zero-order valence-electron chi connectivity index (χ0n) is 12.5. The van der Waals surface area contributed by atoms with E-state index in [1.54, 1.807) is 41.1 Å². The third kappa shape index (κ3) is 3.41. The van der Waals surface area contributed by atoms with Gasteiger partial charge in [0.15, 0.2) is 0 Å². The van der Waals surface area contributed by atoms with Crippen LogP contribution in [0, 0.1) is 11.3 Å². The number of imidazole rings is 1. The van der Waals surface area contributed by atoms with Gasteiger partial charge in [-0.2, -0.15) is 5.26 Å². The number of benzene rings is 1. The first-order valence-electron chi connectivity index (χ1n) is 7.11. The molecule has 8 heteroatoms. The first kappa shape index (κ1) is 16.5. The fourth-order valence-corrected chi connectivity index (χ4v) is 3.68. The predicted molar refractivity (Wildman–Crippen MR) is 90.3 cm³/mol. The lowest BCUT2D eigenvalue weighted by Crippen LogP contribution is -2.26. The molecule has 0 atom stereocenters. The van der Waals surface area contributed by atoms with Gasteiger partial charge in [-0.15, -0.1) is 0 Å². The quantitative estimate of drug-likeness (QED) is 0.756. The molecule has 0 radical (unpaired) electrons. The van der Waals surface area contributed by atoms with Crippen LogP contribution in [0.4, 0.5) is 0 Å². The van der Waals surface area contributed by atoms with Gasteiger partial charge < -0.3 is 4.40 Å². The van der Waals surface area contributed by atoms with Crippen LogP contribution in [0.25, 0.3) is 5.65 Å². The van der Waals surface area contributed by atoms with Crippen molar-refractivity contribution in [2.24, 2.45) is 0 Å². The van der Waals surface area contributed by atoms with Crippen LogP contribution in [-0.2, 0) is 16.4 Å². The van der Waals surface area contributed by atoms with Crippen LogP contribution >= 0.6 is 11.6 Å². The molecule has 0 aliphatic rings. The van der Waals surface area contributed by atoms with Crippen LogP contribution in [0.1, 0.15) is 11.3 Å². The normalized spacial score (nSPS) is 11.5. The molecule has 0 saturated carbocycles. The van der Waals surface area contributed by atoms with Gasteiger partial charge in [0.2, 0.25) is 10.0 Å². The topological polar surface area (TPSA) is 87.3 Å². The molecule has 122 valence electrons. The molecule has 3 rings (SSSR count). The summed E-state index contributed by atoms with van der Waals surface area (Å²) in [7, 11) is -3.74. The van der Waals surface area contributed by atoms with Crippen LogP contribution in [-0.4, -0.2) is 24.3 Å². The van der Waals surface area contributed by atoms with Gasteiger partial charge in [0, 0.05) is 25.4 Å². The predicted octanol–water partition coefficient (Wildman–Crippen LogP) is 2.38. The molecule has 0 fully saturated rings. The van der Waals surface area contributed by atoms with E-state index in [4.69, 9.17) is 16.9 Å². The summed E-state index contributed by atoms with van der Waals surface area (Å²) >= 11 is 5.92. The molecule has 1 N–H and O–H groups in total. The molecule has 3 aromatic rings. The molecular formula is C16H13ClN4O2S. The molecule has 6 nitrogen and oxygen atoms in total. The van der Waals surface area contributed by atoms with E-state index in [9.17, 15) is 8.42 Å². The number of rotatable bonds is 5. The standard InChI is InChI=1S/C16H13ClN4O2S/c17-13-5-6-16-20-14(11-21(16)10-13)7-8-19-24(22,23)15-4-2-1-3-12(15)9-18/h1-6,10-11,19H,7-8H2. The number of hydrogen-bond acceptors (Lipinski definition) is 4. The molecular weight excluding hydrogens is 348 g/mol. The number of aromatic nitrogens is 2. The first-order chi connectivity index (χ1) is 11.5. The van der Waals surface area contributed by atoms with Crippen molar-refractivity contribution in [3.8, 4) is 6.07 Å².